The Morgan fingerprint density at radius 1 is 0.875 bits per heavy atom. The van der Waals surface area contributed by atoms with E-state index >= 15 is 0 Å². The monoisotopic (exact) mass is 272 g/mol. The van der Waals surface area contributed by atoms with E-state index in [2.05, 4.69) is 38.9 Å². The van der Waals surface area contributed by atoms with Crippen LogP contribution in [-0.2, 0) is 0 Å². The van der Waals surface area contributed by atoms with Gasteiger partial charge in [-0.3, -0.25) is 0 Å². The number of rotatable bonds is 0. The van der Waals surface area contributed by atoms with Crippen LogP contribution in [0.25, 0.3) is 22.1 Å². The van der Waals surface area contributed by atoms with Crippen molar-refractivity contribution in [1.82, 2.24) is 9.97 Å². The third-order valence-corrected chi connectivity index (χ3v) is 3.64. The van der Waals surface area contributed by atoms with Gasteiger partial charge < -0.3 is 0 Å². The van der Waals surface area contributed by atoms with Crippen LogP contribution in [0.2, 0.25) is 0 Å². The van der Waals surface area contributed by atoms with Crippen molar-refractivity contribution in [2.45, 2.75) is 6.92 Å². The molecular weight excluding hydrogens is 264 g/mol. The second kappa shape index (κ2) is 3.52. The molecule has 0 aliphatic heterocycles. The number of hydrogen-bond donors (Lipinski definition) is 0. The summed E-state index contributed by atoms with van der Waals surface area (Å²) in [5.74, 6) is 0. The largest absolute Gasteiger partial charge is 0.244 e. The molecular formula is C13H9BrN2. The fourth-order valence-corrected chi connectivity index (χ4v) is 2.18. The van der Waals surface area contributed by atoms with Crippen LogP contribution in [0.4, 0.5) is 0 Å². The maximum atomic E-state index is 4.63. The molecule has 0 bridgehead atoms. The van der Waals surface area contributed by atoms with Gasteiger partial charge >= 0.3 is 0 Å². The van der Waals surface area contributed by atoms with Crippen LogP contribution < -0.4 is 0 Å². The second-order valence-electron chi connectivity index (χ2n) is 3.78. The lowest BCUT2D eigenvalue weighted by molar-refractivity contribution is 1.35. The van der Waals surface area contributed by atoms with Crippen LogP contribution in [0.15, 0.2) is 40.9 Å². The number of para-hydroxylation sites is 2. The second-order valence-corrected chi connectivity index (χ2v) is 4.57. The highest BCUT2D eigenvalue weighted by Crippen LogP contribution is 2.26. The van der Waals surface area contributed by atoms with Gasteiger partial charge in [0, 0.05) is 4.47 Å². The minimum Gasteiger partial charge on any atom is -0.244 e. The van der Waals surface area contributed by atoms with Gasteiger partial charge in [-0.05, 0) is 46.6 Å². The van der Waals surface area contributed by atoms with Crippen molar-refractivity contribution in [3.63, 3.8) is 0 Å². The van der Waals surface area contributed by atoms with Crippen molar-refractivity contribution in [2.24, 2.45) is 0 Å². The smallest absolute Gasteiger partial charge is 0.104 e. The van der Waals surface area contributed by atoms with E-state index in [4.69, 9.17) is 0 Å². The third-order valence-electron chi connectivity index (χ3n) is 2.64. The van der Waals surface area contributed by atoms with Crippen LogP contribution >= 0.6 is 15.9 Å². The highest BCUT2D eigenvalue weighted by molar-refractivity contribution is 9.10. The lowest BCUT2D eigenvalue weighted by atomic mass is 10.2. The Labute approximate surface area is 101 Å². The van der Waals surface area contributed by atoms with Crippen molar-refractivity contribution in [1.29, 1.82) is 0 Å². The van der Waals surface area contributed by atoms with E-state index in [1.165, 1.54) is 5.56 Å². The summed E-state index contributed by atoms with van der Waals surface area (Å²) in [6, 6.07) is 12.0. The summed E-state index contributed by atoms with van der Waals surface area (Å²) in [5.41, 5.74) is 4.90. The van der Waals surface area contributed by atoms with E-state index in [0.717, 1.165) is 26.5 Å². The zero-order chi connectivity index (χ0) is 11.1. The molecule has 0 unspecified atom stereocenters. The lowest BCUT2D eigenvalue weighted by Crippen LogP contribution is -1.89. The Kier molecular flexibility index (Phi) is 2.14. The number of hydrogen-bond acceptors (Lipinski definition) is 2. The molecule has 3 rings (SSSR count). The molecule has 0 saturated heterocycles. The van der Waals surface area contributed by atoms with E-state index in [1.54, 1.807) is 0 Å². The Balaban J connectivity index is 2.51. The molecule has 0 aliphatic carbocycles. The zero-order valence-corrected chi connectivity index (χ0v) is 10.3. The van der Waals surface area contributed by atoms with Crippen LogP contribution in [-0.4, -0.2) is 9.97 Å². The van der Waals surface area contributed by atoms with Crippen LogP contribution in [0, 0.1) is 6.92 Å². The normalized spacial score (nSPS) is 11.1. The maximum Gasteiger partial charge on any atom is 0.104 e. The Morgan fingerprint density at radius 3 is 2.31 bits per heavy atom. The number of aryl methyl sites for hydroxylation is 1. The summed E-state index contributed by atoms with van der Waals surface area (Å²) >= 11 is 3.56. The molecule has 0 aliphatic rings. The molecule has 0 radical (unpaired) electrons. The van der Waals surface area contributed by atoms with Gasteiger partial charge in [0.2, 0.25) is 0 Å². The summed E-state index contributed by atoms with van der Waals surface area (Å²) < 4.78 is 1.03. The Bertz CT molecular complexity index is 692. The van der Waals surface area contributed by atoms with Crippen LogP contribution in [0.5, 0.6) is 0 Å². The fourth-order valence-electron chi connectivity index (χ4n) is 1.76. The molecule has 3 aromatic rings. The van der Waals surface area contributed by atoms with Gasteiger partial charge in [-0.1, -0.05) is 18.2 Å². The van der Waals surface area contributed by atoms with Crippen LogP contribution in [0.3, 0.4) is 0 Å². The van der Waals surface area contributed by atoms with Gasteiger partial charge in [0.05, 0.1) is 16.6 Å². The van der Waals surface area contributed by atoms with E-state index < -0.39 is 0 Å². The number of nitrogens with zero attached hydrogens (tertiary/aromatic N) is 2. The molecule has 16 heavy (non-hydrogen) atoms. The van der Waals surface area contributed by atoms with E-state index in [0.29, 0.717) is 0 Å². The predicted molar refractivity (Wildman–Crippen MR) is 69.5 cm³/mol. The zero-order valence-electron chi connectivity index (χ0n) is 8.74. The minimum atomic E-state index is 0.927. The molecule has 0 amide bonds. The molecule has 1 heterocycles. The number of halogens is 1. The molecule has 0 atom stereocenters. The van der Waals surface area contributed by atoms with Crippen molar-refractivity contribution >= 4 is 38.0 Å². The van der Waals surface area contributed by atoms with Crippen molar-refractivity contribution in [3.8, 4) is 0 Å². The van der Waals surface area contributed by atoms with Crippen molar-refractivity contribution in [2.75, 3.05) is 0 Å². The molecule has 2 nitrogen and oxygen atoms in total. The number of benzene rings is 2. The molecule has 2 aromatic carbocycles. The number of aromatic nitrogens is 2. The first kappa shape index (κ1) is 9.73. The van der Waals surface area contributed by atoms with Gasteiger partial charge in [0.15, 0.2) is 0 Å². The molecule has 0 N–H and O–H groups in total. The first-order valence-electron chi connectivity index (χ1n) is 5.07. The first-order chi connectivity index (χ1) is 7.75. The standard InChI is InChI=1S/C13H9BrN2/c1-8-6-7-11-13(12(8)14)16-10-5-3-2-4-9(10)15-11/h2-7H,1H3. The van der Waals surface area contributed by atoms with Crippen LogP contribution in [0.1, 0.15) is 5.56 Å². The summed E-state index contributed by atoms with van der Waals surface area (Å²) in [6.45, 7) is 2.06. The maximum absolute atomic E-state index is 4.63. The van der Waals surface area contributed by atoms with E-state index in [1.807, 2.05) is 30.3 Å². The van der Waals surface area contributed by atoms with E-state index in [9.17, 15) is 0 Å². The molecule has 0 spiro atoms. The highest BCUT2D eigenvalue weighted by atomic mass is 79.9. The topological polar surface area (TPSA) is 25.8 Å². The average Bonchev–Trinajstić information content (AvgIpc) is 2.32. The van der Waals surface area contributed by atoms with Crippen molar-refractivity contribution in [3.05, 3.63) is 46.4 Å². The summed E-state index contributed by atoms with van der Waals surface area (Å²) in [7, 11) is 0. The average molecular weight is 273 g/mol. The lowest BCUT2D eigenvalue weighted by Gasteiger charge is -2.04. The minimum absolute atomic E-state index is 0.927. The fraction of sp³-hybridized carbons (Fsp3) is 0.0769. The predicted octanol–water partition coefficient (Wildman–Crippen LogP) is 3.85. The first-order valence-corrected chi connectivity index (χ1v) is 5.86. The Hall–Kier alpha value is -1.48. The van der Waals surface area contributed by atoms with Gasteiger partial charge in [0.25, 0.3) is 0 Å². The van der Waals surface area contributed by atoms with Crippen molar-refractivity contribution < 1.29 is 0 Å². The van der Waals surface area contributed by atoms with E-state index in [-0.39, 0.29) is 0 Å². The number of fused-ring (bicyclic) bond motifs is 2. The highest BCUT2D eigenvalue weighted by Gasteiger charge is 2.06. The molecule has 0 saturated carbocycles. The summed E-state index contributed by atoms with van der Waals surface area (Å²) in [5, 5.41) is 0. The Morgan fingerprint density at radius 2 is 1.56 bits per heavy atom. The van der Waals surface area contributed by atoms with Gasteiger partial charge in [-0.25, -0.2) is 9.97 Å². The molecule has 3 heteroatoms. The summed E-state index contributed by atoms with van der Waals surface area (Å²) in [6.07, 6.45) is 0. The van der Waals surface area contributed by atoms with Gasteiger partial charge in [-0.15, -0.1) is 0 Å². The van der Waals surface area contributed by atoms with Gasteiger partial charge in [-0.2, -0.15) is 0 Å². The molecule has 1 aromatic heterocycles. The van der Waals surface area contributed by atoms with Gasteiger partial charge in [0.1, 0.15) is 5.52 Å². The third kappa shape index (κ3) is 1.39. The SMILES string of the molecule is Cc1ccc2nc3ccccc3nc2c1Br. The quantitative estimate of drug-likeness (QED) is 0.581. The molecule has 0 fully saturated rings. The molecule has 78 valence electrons. The summed E-state index contributed by atoms with van der Waals surface area (Å²) in [4.78, 5) is 9.22.